The predicted octanol–water partition coefficient (Wildman–Crippen LogP) is 0.432. The van der Waals surface area contributed by atoms with Gasteiger partial charge in [-0.3, -0.25) is 0 Å². The smallest absolute Gasteiger partial charge is 0.423 e. The lowest BCUT2D eigenvalue weighted by atomic mass is 9.81. The molecule has 0 atom stereocenters. The highest BCUT2D eigenvalue weighted by molar-refractivity contribution is 6.58. The molecule has 0 aliphatic heterocycles. The van der Waals surface area contributed by atoms with Crippen LogP contribution in [0.2, 0.25) is 0 Å². The Balaban J connectivity index is 0.000000360. The third kappa shape index (κ3) is 7.31. The fraction of sp³-hybridized carbons (Fsp3) is 0.545. The zero-order valence-electron chi connectivity index (χ0n) is 11.0. The van der Waals surface area contributed by atoms with E-state index >= 15 is 0 Å². The van der Waals surface area contributed by atoms with E-state index in [-0.39, 0.29) is 0 Å². The molecule has 0 aromatic carbocycles. The SMILES string of the molecule is CC(C)NC(C)C.OB(O)c1cc(F)ncc1F. The summed E-state index contributed by atoms with van der Waals surface area (Å²) < 4.78 is 24.7. The number of nitrogens with one attached hydrogen (secondary N) is 1. The molecule has 0 saturated carbocycles. The molecule has 1 heterocycles. The Morgan fingerprint density at radius 3 is 1.94 bits per heavy atom. The normalized spacial score (nSPS) is 10.3. The van der Waals surface area contributed by atoms with Gasteiger partial charge in [-0.05, 0) is 6.07 Å². The average molecular weight is 260 g/mol. The van der Waals surface area contributed by atoms with Crippen molar-refractivity contribution in [2.45, 2.75) is 39.8 Å². The van der Waals surface area contributed by atoms with E-state index < -0.39 is 24.3 Å². The van der Waals surface area contributed by atoms with Gasteiger partial charge in [0.1, 0.15) is 5.82 Å². The van der Waals surface area contributed by atoms with E-state index in [2.05, 4.69) is 38.0 Å². The molecule has 102 valence electrons. The van der Waals surface area contributed by atoms with E-state index in [1.54, 1.807) is 0 Å². The van der Waals surface area contributed by atoms with Crippen LogP contribution in [0.1, 0.15) is 27.7 Å². The zero-order chi connectivity index (χ0) is 14.3. The minimum Gasteiger partial charge on any atom is -0.423 e. The van der Waals surface area contributed by atoms with Gasteiger partial charge in [-0.2, -0.15) is 4.39 Å². The molecule has 0 fully saturated rings. The van der Waals surface area contributed by atoms with Crippen molar-refractivity contribution < 1.29 is 18.8 Å². The van der Waals surface area contributed by atoms with Crippen LogP contribution in [0.4, 0.5) is 8.78 Å². The molecule has 7 heteroatoms. The van der Waals surface area contributed by atoms with Gasteiger partial charge in [-0.25, -0.2) is 9.37 Å². The van der Waals surface area contributed by atoms with Crippen molar-refractivity contribution in [2.75, 3.05) is 0 Å². The van der Waals surface area contributed by atoms with Crippen LogP contribution in [-0.4, -0.2) is 34.2 Å². The Kier molecular flexibility index (Phi) is 7.65. The lowest BCUT2D eigenvalue weighted by molar-refractivity contribution is 0.421. The lowest BCUT2D eigenvalue weighted by Gasteiger charge is -2.10. The molecule has 4 nitrogen and oxygen atoms in total. The molecule has 0 spiro atoms. The number of hydrogen-bond acceptors (Lipinski definition) is 4. The Bertz CT molecular complexity index is 357. The Labute approximate surface area is 106 Å². The molecular formula is C11H19BF2N2O2. The summed E-state index contributed by atoms with van der Waals surface area (Å²) in [6, 6.07) is 1.87. The Hall–Kier alpha value is -1.05. The first kappa shape index (κ1) is 17.0. The molecule has 1 aromatic rings. The van der Waals surface area contributed by atoms with E-state index in [1.807, 2.05) is 0 Å². The average Bonchev–Trinajstić information content (AvgIpc) is 2.20. The van der Waals surface area contributed by atoms with E-state index in [1.165, 1.54) is 0 Å². The maximum absolute atomic E-state index is 12.5. The first-order chi connectivity index (χ1) is 8.23. The monoisotopic (exact) mass is 260 g/mol. The number of nitrogens with zero attached hydrogens (tertiary/aromatic N) is 1. The van der Waals surface area contributed by atoms with Gasteiger partial charge in [0.15, 0.2) is 0 Å². The first-order valence-electron chi connectivity index (χ1n) is 5.67. The largest absolute Gasteiger partial charge is 0.491 e. The standard InChI is InChI=1S/C6H15N.C5H4BF2NO2/c1-5(2)7-6(3)4;7-4-2-9-5(8)1-3(4)6(10)11/h5-7H,1-4H3;1-2,10-11H. The summed E-state index contributed by atoms with van der Waals surface area (Å²) in [4.78, 5) is 2.96. The second-order valence-electron chi connectivity index (χ2n) is 4.38. The first-order valence-corrected chi connectivity index (χ1v) is 5.67. The van der Waals surface area contributed by atoms with Crippen LogP contribution in [0.3, 0.4) is 0 Å². The van der Waals surface area contributed by atoms with Crippen LogP contribution in [0, 0.1) is 11.8 Å². The van der Waals surface area contributed by atoms with E-state index in [0.29, 0.717) is 24.3 Å². The molecule has 0 aliphatic carbocycles. The number of hydrogen-bond donors (Lipinski definition) is 3. The second kappa shape index (κ2) is 8.13. The molecule has 18 heavy (non-hydrogen) atoms. The summed E-state index contributed by atoms with van der Waals surface area (Å²) in [6.07, 6.45) is 0.587. The quantitative estimate of drug-likeness (QED) is 0.544. The van der Waals surface area contributed by atoms with Crippen LogP contribution in [-0.2, 0) is 0 Å². The molecule has 3 N–H and O–H groups in total. The maximum Gasteiger partial charge on any atom is 0.491 e. The van der Waals surface area contributed by atoms with Crippen molar-refractivity contribution in [1.82, 2.24) is 10.3 Å². The predicted molar refractivity (Wildman–Crippen MR) is 67.4 cm³/mol. The van der Waals surface area contributed by atoms with Crippen LogP contribution < -0.4 is 10.8 Å². The van der Waals surface area contributed by atoms with Crippen LogP contribution in [0.15, 0.2) is 12.3 Å². The van der Waals surface area contributed by atoms with E-state index in [9.17, 15) is 8.78 Å². The number of aromatic nitrogens is 1. The maximum atomic E-state index is 12.5. The molecule has 0 bridgehead atoms. The Morgan fingerprint density at radius 1 is 1.17 bits per heavy atom. The number of rotatable bonds is 3. The highest BCUT2D eigenvalue weighted by Gasteiger charge is 2.17. The van der Waals surface area contributed by atoms with Gasteiger partial charge in [0.05, 0.1) is 6.20 Å². The van der Waals surface area contributed by atoms with Crippen molar-refractivity contribution in [1.29, 1.82) is 0 Å². The van der Waals surface area contributed by atoms with Gasteiger partial charge in [-0.15, -0.1) is 0 Å². The molecule has 0 radical (unpaired) electrons. The fourth-order valence-corrected chi connectivity index (χ4v) is 1.29. The number of pyridine rings is 1. The highest BCUT2D eigenvalue weighted by atomic mass is 19.1. The van der Waals surface area contributed by atoms with Crippen molar-refractivity contribution in [3.05, 3.63) is 24.0 Å². The van der Waals surface area contributed by atoms with Crippen LogP contribution in [0.25, 0.3) is 0 Å². The molecule has 1 aromatic heterocycles. The lowest BCUT2D eigenvalue weighted by Crippen LogP contribution is -2.33. The molecular weight excluding hydrogens is 241 g/mol. The van der Waals surface area contributed by atoms with Crippen molar-refractivity contribution >= 4 is 12.6 Å². The van der Waals surface area contributed by atoms with Gasteiger partial charge in [0.25, 0.3) is 0 Å². The summed E-state index contributed by atoms with van der Waals surface area (Å²) in [7, 11) is -2.01. The van der Waals surface area contributed by atoms with Gasteiger partial charge in [0.2, 0.25) is 5.95 Å². The molecule has 0 unspecified atom stereocenters. The topological polar surface area (TPSA) is 65.4 Å². The van der Waals surface area contributed by atoms with Crippen LogP contribution >= 0.6 is 0 Å². The zero-order valence-corrected chi connectivity index (χ0v) is 11.0. The van der Waals surface area contributed by atoms with E-state index in [0.717, 1.165) is 0 Å². The summed E-state index contributed by atoms with van der Waals surface area (Å²) in [5.41, 5.74) is -0.516. The molecule has 1 rings (SSSR count). The fourth-order valence-electron chi connectivity index (χ4n) is 1.29. The van der Waals surface area contributed by atoms with Crippen molar-refractivity contribution in [3.8, 4) is 0 Å². The van der Waals surface area contributed by atoms with Crippen molar-refractivity contribution in [2.24, 2.45) is 0 Å². The third-order valence-corrected chi connectivity index (χ3v) is 1.80. The summed E-state index contributed by atoms with van der Waals surface area (Å²) >= 11 is 0. The minimum atomic E-state index is -2.01. The van der Waals surface area contributed by atoms with Gasteiger partial charge in [-0.1, -0.05) is 27.7 Å². The van der Waals surface area contributed by atoms with Crippen molar-refractivity contribution in [3.63, 3.8) is 0 Å². The Morgan fingerprint density at radius 2 is 1.67 bits per heavy atom. The van der Waals surface area contributed by atoms with Gasteiger partial charge < -0.3 is 15.4 Å². The van der Waals surface area contributed by atoms with Gasteiger partial charge in [0, 0.05) is 17.5 Å². The third-order valence-electron chi connectivity index (χ3n) is 1.80. The van der Waals surface area contributed by atoms with Crippen LogP contribution in [0.5, 0.6) is 0 Å². The van der Waals surface area contributed by atoms with Gasteiger partial charge >= 0.3 is 7.12 Å². The number of halogens is 2. The summed E-state index contributed by atoms with van der Waals surface area (Å²) in [6.45, 7) is 8.61. The molecule has 0 aliphatic rings. The minimum absolute atomic E-state index is 0.516. The van der Waals surface area contributed by atoms with E-state index in [4.69, 9.17) is 10.0 Å². The molecule has 0 amide bonds. The molecule has 0 saturated heterocycles. The summed E-state index contributed by atoms with van der Waals surface area (Å²) in [5, 5.41) is 20.2. The summed E-state index contributed by atoms with van der Waals surface area (Å²) in [5.74, 6) is -1.89. The highest BCUT2D eigenvalue weighted by Crippen LogP contribution is 1.94. The second-order valence-corrected chi connectivity index (χ2v) is 4.38.